The Bertz CT molecular complexity index is 803. The summed E-state index contributed by atoms with van der Waals surface area (Å²) in [4.78, 5) is 16.4. The van der Waals surface area contributed by atoms with E-state index >= 15 is 0 Å². The molecule has 27 heavy (non-hydrogen) atoms. The normalized spacial score (nSPS) is 15.4. The van der Waals surface area contributed by atoms with E-state index < -0.39 is 11.7 Å². The third kappa shape index (κ3) is 5.13. The summed E-state index contributed by atoms with van der Waals surface area (Å²) in [5, 5.41) is 5.76. The monoisotopic (exact) mass is 397 g/mol. The van der Waals surface area contributed by atoms with Gasteiger partial charge in [0.2, 0.25) is 5.91 Å². The van der Waals surface area contributed by atoms with Gasteiger partial charge in [0.25, 0.3) is 0 Å². The fourth-order valence-corrected chi connectivity index (χ4v) is 3.25. The minimum atomic E-state index is -4.46. The Morgan fingerprint density at radius 2 is 1.85 bits per heavy atom. The molecule has 1 aliphatic carbocycles. The molecule has 1 aromatic carbocycles. The molecular weight excluding hydrogens is 379 g/mol. The maximum Gasteiger partial charge on any atom is 0.416 e. The average molecular weight is 398 g/mol. The van der Waals surface area contributed by atoms with E-state index in [4.69, 9.17) is 11.6 Å². The van der Waals surface area contributed by atoms with Gasteiger partial charge in [0.05, 0.1) is 28.2 Å². The number of halogens is 4. The molecule has 3 rings (SSSR count). The number of nitrogens with one attached hydrogen (secondary N) is 2. The molecule has 0 spiro atoms. The Kier molecular flexibility index (Phi) is 5.89. The third-order valence-electron chi connectivity index (χ3n) is 4.56. The van der Waals surface area contributed by atoms with Gasteiger partial charge in [-0.15, -0.1) is 0 Å². The highest BCUT2D eigenvalue weighted by Gasteiger charge is 2.31. The van der Waals surface area contributed by atoms with Gasteiger partial charge < -0.3 is 10.6 Å². The first-order valence-corrected chi connectivity index (χ1v) is 9.11. The largest absolute Gasteiger partial charge is 0.416 e. The molecule has 1 heterocycles. The fourth-order valence-electron chi connectivity index (χ4n) is 3.09. The molecule has 144 valence electrons. The second-order valence-electron chi connectivity index (χ2n) is 6.57. The van der Waals surface area contributed by atoms with Crippen LogP contribution in [0.15, 0.2) is 36.5 Å². The molecule has 1 saturated carbocycles. The molecule has 8 heteroatoms. The van der Waals surface area contributed by atoms with E-state index in [1.54, 1.807) is 12.1 Å². The summed E-state index contributed by atoms with van der Waals surface area (Å²) < 4.78 is 38.5. The number of nitrogens with zero attached hydrogens (tertiary/aromatic N) is 1. The Hall–Kier alpha value is -2.28. The molecule has 0 atom stereocenters. The average Bonchev–Trinajstić information content (AvgIpc) is 2.65. The third-order valence-corrected chi connectivity index (χ3v) is 4.89. The molecule has 0 aliphatic heterocycles. The van der Waals surface area contributed by atoms with Crippen molar-refractivity contribution in [2.45, 2.75) is 38.3 Å². The number of hydrogen-bond donors (Lipinski definition) is 2. The van der Waals surface area contributed by atoms with Gasteiger partial charge in [-0.05, 0) is 43.2 Å². The number of aromatic nitrogens is 1. The van der Waals surface area contributed by atoms with E-state index in [2.05, 4.69) is 15.6 Å². The number of carbonyl (C=O) groups is 1. The van der Waals surface area contributed by atoms with Crippen molar-refractivity contribution in [3.05, 3.63) is 47.1 Å². The summed E-state index contributed by atoms with van der Waals surface area (Å²) in [6.45, 7) is 0. The molecule has 0 saturated heterocycles. The number of benzene rings is 1. The van der Waals surface area contributed by atoms with Gasteiger partial charge >= 0.3 is 6.18 Å². The van der Waals surface area contributed by atoms with Crippen molar-refractivity contribution in [2.75, 3.05) is 10.6 Å². The molecule has 1 fully saturated rings. The van der Waals surface area contributed by atoms with Crippen molar-refractivity contribution >= 4 is 34.7 Å². The van der Waals surface area contributed by atoms with Crippen molar-refractivity contribution in [1.29, 1.82) is 0 Å². The lowest BCUT2D eigenvalue weighted by Gasteiger charge is -2.20. The number of hydrogen-bond acceptors (Lipinski definition) is 3. The lowest BCUT2D eigenvalue weighted by molar-refractivity contribution is -0.137. The standard InChI is InChI=1S/C19H19ClF3N3O/c20-15-8-6-13(19(21,22)23)10-16(15)26-17-9-7-14(11-24-17)25-18(27)12-4-2-1-3-5-12/h6-12H,1-5H2,(H,24,26)(H,25,27). The van der Waals surface area contributed by atoms with Crippen LogP contribution in [0, 0.1) is 5.92 Å². The quantitative estimate of drug-likeness (QED) is 0.663. The Balaban J connectivity index is 1.66. The van der Waals surface area contributed by atoms with E-state index in [1.807, 2.05) is 0 Å². The van der Waals surface area contributed by atoms with Gasteiger partial charge in [-0.1, -0.05) is 30.9 Å². The molecule has 0 bridgehead atoms. The van der Waals surface area contributed by atoms with E-state index in [0.29, 0.717) is 11.5 Å². The van der Waals surface area contributed by atoms with Gasteiger partial charge in [0.15, 0.2) is 0 Å². The van der Waals surface area contributed by atoms with Crippen LogP contribution < -0.4 is 10.6 Å². The summed E-state index contributed by atoms with van der Waals surface area (Å²) in [6, 6.07) is 6.27. The van der Waals surface area contributed by atoms with Crippen LogP contribution in [-0.4, -0.2) is 10.9 Å². The number of rotatable bonds is 4. The minimum Gasteiger partial charge on any atom is -0.339 e. The van der Waals surface area contributed by atoms with Crippen LogP contribution in [0.5, 0.6) is 0 Å². The van der Waals surface area contributed by atoms with Crippen molar-refractivity contribution in [1.82, 2.24) is 4.98 Å². The van der Waals surface area contributed by atoms with Gasteiger partial charge in [-0.2, -0.15) is 13.2 Å². The molecule has 2 aromatic rings. The topological polar surface area (TPSA) is 54.0 Å². The van der Waals surface area contributed by atoms with Gasteiger partial charge in [-0.3, -0.25) is 4.79 Å². The van der Waals surface area contributed by atoms with Gasteiger partial charge in [0.1, 0.15) is 5.82 Å². The molecule has 0 radical (unpaired) electrons. The molecule has 1 aliphatic rings. The van der Waals surface area contributed by atoms with Crippen LogP contribution in [0.4, 0.5) is 30.4 Å². The summed E-state index contributed by atoms with van der Waals surface area (Å²) in [5.41, 5.74) is -0.144. The van der Waals surface area contributed by atoms with Crippen molar-refractivity contribution in [2.24, 2.45) is 5.92 Å². The predicted octanol–water partition coefficient (Wildman–Crippen LogP) is 6.02. The van der Waals surface area contributed by atoms with Gasteiger partial charge in [0, 0.05) is 5.92 Å². The molecule has 1 aromatic heterocycles. The van der Waals surface area contributed by atoms with Crippen LogP contribution in [0.1, 0.15) is 37.7 Å². The van der Waals surface area contributed by atoms with E-state index in [9.17, 15) is 18.0 Å². The minimum absolute atomic E-state index is 0.0156. The predicted molar refractivity (Wildman–Crippen MR) is 99.2 cm³/mol. The van der Waals surface area contributed by atoms with E-state index in [-0.39, 0.29) is 22.5 Å². The van der Waals surface area contributed by atoms with E-state index in [0.717, 1.165) is 37.8 Å². The molecule has 4 nitrogen and oxygen atoms in total. The smallest absolute Gasteiger partial charge is 0.339 e. The summed E-state index contributed by atoms with van der Waals surface area (Å²) >= 11 is 5.97. The Morgan fingerprint density at radius 3 is 2.48 bits per heavy atom. The summed E-state index contributed by atoms with van der Waals surface area (Å²) in [7, 11) is 0. The highest BCUT2D eigenvalue weighted by atomic mass is 35.5. The van der Waals surface area contributed by atoms with Gasteiger partial charge in [-0.25, -0.2) is 4.98 Å². The second kappa shape index (κ2) is 8.17. The first-order valence-electron chi connectivity index (χ1n) is 8.73. The number of carbonyl (C=O) groups excluding carboxylic acids is 1. The maximum absolute atomic E-state index is 12.8. The van der Waals surface area contributed by atoms with Crippen LogP contribution in [-0.2, 0) is 11.0 Å². The van der Waals surface area contributed by atoms with Crippen molar-refractivity contribution < 1.29 is 18.0 Å². The number of amides is 1. The molecule has 0 unspecified atom stereocenters. The summed E-state index contributed by atoms with van der Waals surface area (Å²) in [6.07, 6.45) is 2.10. The fraction of sp³-hybridized carbons (Fsp3) is 0.368. The second-order valence-corrected chi connectivity index (χ2v) is 6.98. The van der Waals surface area contributed by atoms with Crippen LogP contribution in [0.3, 0.4) is 0 Å². The first-order chi connectivity index (χ1) is 12.8. The SMILES string of the molecule is O=C(Nc1ccc(Nc2cc(C(F)(F)F)ccc2Cl)nc1)C1CCCCC1. The van der Waals surface area contributed by atoms with E-state index in [1.165, 1.54) is 18.7 Å². The Labute approximate surface area is 160 Å². The zero-order chi connectivity index (χ0) is 19.4. The Morgan fingerprint density at radius 1 is 1.11 bits per heavy atom. The molecule has 2 N–H and O–H groups in total. The zero-order valence-corrected chi connectivity index (χ0v) is 15.2. The number of anilines is 3. The molecular formula is C19H19ClF3N3O. The zero-order valence-electron chi connectivity index (χ0n) is 14.4. The highest BCUT2D eigenvalue weighted by Crippen LogP contribution is 2.34. The number of pyridine rings is 1. The van der Waals surface area contributed by atoms with Crippen LogP contribution in [0.2, 0.25) is 5.02 Å². The van der Waals surface area contributed by atoms with Crippen LogP contribution in [0.25, 0.3) is 0 Å². The lowest BCUT2D eigenvalue weighted by atomic mass is 9.88. The van der Waals surface area contributed by atoms with Crippen molar-refractivity contribution in [3.8, 4) is 0 Å². The molecule has 1 amide bonds. The lowest BCUT2D eigenvalue weighted by Crippen LogP contribution is -2.24. The van der Waals surface area contributed by atoms with Crippen LogP contribution >= 0.6 is 11.6 Å². The number of alkyl halides is 3. The first kappa shape index (κ1) is 19.5. The summed E-state index contributed by atoms with van der Waals surface area (Å²) in [5.74, 6) is 0.338. The maximum atomic E-state index is 12.8. The highest BCUT2D eigenvalue weighted by molar-refractivity contribution is 6.33. The van der Waals surface area contributed by atoms with Crippen molar-refractivity contribution in [3.63, 3.8) is 0 Å².